The van der Waals surface area contributed by atoms with E-state index in [0.29, 0.717) is 24.3 Å². The number of nitrogens with zero attached hydrogens (tertiary/aromatic N) is 1. The highest BCUT2D eigenvalue weighted by Crippen LogP contribution is 2.28. The van der Waals surface area contributed by atoms with Crippen molar-refractivity contribution in [1.29, 1.82) is 0 Å². The van der Waals surface area contributed by atoms with Gasteiger partial charge in [0.05, 0.1) is 0 Å². The predicted octanol–water partition coefficient (Wildman–Crippen LogP) is 3.57. The minimum Gasteiger partial charge on any atom is -0.339 e. The van der Waals surface area contributed by atoms with Crippen LogP contribution in [0.4, 0.5) is 0 Å². The molecule has 2 rings (SSSR count). The molecular formula is C17H25NO. The molecule has 0 bridgehead atoms. The maximum atomic E-state index is 12.3. The summed E-state index contributed by atoms with van der Waals surface area (Å²) < 4.78 is 0. The molecule has 0 aliphatic heterocycles. The highest BCUT2D eigenvalue weighted by atomic mass is 16.2. The zero-order valence-corrected chi connectivity index (χ0v) is 12.4. The van der Waals surface area contributed by atoms with Crippen LogP contribution in [0.25, 0.3) is 0 Å². The lowest BCUT2D eigenvalue weighted by Gasteiger charge is -2.24. The minimum atomic E-state index is 0.331. The van der Waals surface area contributed by atoms with Crippen LogP contribution in [-0.4, -0.2) is 23.4 Å². The Kier molecular flexibility index (Phi) is 4.62. The van der Waals surface area contributed by atoms with Crippen molar-refractivity contribution in [2.75, 3.05) is 6.54 Å². The molecule has 0 unspecified atom stereocenters. The van der Waals surface area contributed by atoms with Gasteiger partial charge in [0.1, 0.15) is 0 Å². The summed E-state index contributed by atoms with van der Waals surface area (Å²) in [6.45, 7) is 7.38. The number of carbonyl (C=O) groups excluding carboxylic acids is 1. The predicted molar refractivity (Wildman–Crippen MR) is 79.1 cm³/mol. The molecule has 0 spiro atoms. The van der Waals surface area contributed by atoms with Gasteiger partial charge < -0.3 is 4.90 Å². The van der Waals surface area contributed by atoms with E-state index < -0.39 is 0 Å². The van der Waals surface area contributed by atoms with Crippen molar-refractivity contribution in [3.63, 3.8) is 0 Å². The van der Waals surface area contributed by atoms with Crippen LogP contribution in [0.5, 0.6) is 0 Å². The van der Waals surface area contributed by atoms with Gasteiger partial charge >= 0.3 is 0 Å². The molecule has 1 aliphatic carbocycles. The lowest BCUT2D eigenvalue weighted by molar-refractivity contribution is -0.132. The van der Waals surface area contributed by atoms with E-state index in [4.69, 9.17) is 0 Å². The van der Waals surface area contributed by atoms with Crippen LogP contribution in [0.15, 0.2) is 24.3 Å². The Morgan fingerprint density at radius 2 is 2.11 bits per heavy atom. The maximum Gasteiger partial charge on any atom is 0.223 e. The number of hydrogen-bond donors (Lipinski definition) is 0. The van der Waals surface area contributed by atoms with Gasteiger partial charge in [-0.05, 0) is 37.7 Å². The largest absolute Gasteiger partial charge is 0.339 e. The molecule has 0 saturated heterocycles. The number of aryl methyl sites for hydroxylation is 2. The van der Waals surface area contributed by atoms with Gasteiger partial charge in [-0.3, -0.25) is 4.79 Å². The van der Waals surface area contributed by atoms with E-state index in [2.05, 4.69) is 49.9 Å². The number of hydrogen-bond acceptors (Lipinski definition) is 1. The third-order valence-corrected chi connectivity index (χ3v) is 3.58. The van der Waals surface area contributed by atoms with E-state index >= 15 is 0 Å². The van der Waals surface area contributed by atoms with E-state index in [1.54, 1.807) is 0 Å². The molecule has 0 N–H and O–H groups in total. The molecule has 1 saturated carbocycles. The summed E-state index contributed by atoms with van der Waals surface area (Å²) in [5, 5.41) is 0. The zero-order valence-electron chi connectivity index (χ0n) is 12.4. The SMILES string of the molecule is Cc1cccc(CCC(=O)N(CC(C)C)C2CC2)c1. The molecule has 1 aromatic rings. The van der Waals surface area contributed by atoms with Crippen molar-refractivity contribution in [1.82, 2.24) is 4.90 Å². The second-order valence-corrected chi connectivity index (χ2v) is 6.16. The van der Waals surface area contributed by atoms with Gasteiger partial charge in [-0.1, -0.05) is 43.7 Å². The summed E-state index contributed by atoms with van der Waals surface area (Å²) in [6.07, 6.45) is 3.90. The van der Waals surface area contributed by atoms with Gasteiger partial charge in [-0.15, -0.1) is 0 Å². The summed E-state index contributed by atoms with van der Waals surface area (Å²) in [4.78, 5) is 14.5. The first kappa shape index (κ1) is 14.1. The third kappa shape index (κ3) is 4.38. The molecule has 19 heavy (non-hydrogen) atoms. The fourth-order valence-corrected chi connectivity index (χ4v) is 2.50. The van der Waals surface area contributed by atoms with Crippen molar-refractivity contribution in [2.45, 2.75) is 52.5 Å². The number of rotatable bonds is 6. The Hall–Kier alpha value is -1.31. The van der Waals surface area contributed by atoms with E-state index in [1.165, 1.54) is 24.0 Å². The van der Waals surface area contributed by atoms with E-state index in [9.17, 15) is 4.79 Å². The van der Waals surface area contributed by atoms with Gasteiger partial charge in [0.25, 0.3) is 0 Å². The van der Waals surface area contributed by atoms with Crippen molar-refractivity contribution >= 4 is 5.91 Å². The van der Waals surface area contributed by atoms with Crippen LogP contribution < -0.4 is 0 Å². The maximum absolute atomic E-state index is 12.3. The third-order valence-electron chi connectivity index (χ3n) is 3.58. The fraction of sp³-hybridized carbons (Fsp3) is 0.588. The summed E-state index contributed by atoms with van der Waals surface area (Å²) in [6, 6.07) is 9.00. The molecule has 0 radical (unpaired) electrons. The van der Waals surface area contributed by atoms with Crippen molar-refractivity contribution < 1.29 is 4.79 Å². The second kappa shape index (κ2) is 6.23. The topological polar surface area (TPSA) is 20.3 Å². The number of amides is 1. The quantitative estimate of drug-likeness (QED) is 0.764. The minimum absolute atomic E-state index is 0.331. The van der Waals surface area contributed by atoms with Crippen LogP contribution in [0, 0.1) is 12.8 Å². The van der Waals surface area contributed by atoms with Gasteiger partial charge in [-0.2, -0.15) is 0 Å². The smallest absolute Gasteiger partial charge is 0.223 e. The van der Waals surface area contributed by atoms with Crippen LogP contribution >= 0.6 is 0 Å². The normalized spacial score (nSPS) is 14.7. The molecule has 2 heteroatoms. The summed E-state index contributed by atoms with van der Waals surface area (Å²) >= 11 is 0. The highest BCUT2D eigenvalue weighted by Gasteiger charge is 2.32. The van der Waals surface area contributed by atoms with Gasteiger partial charge in [0.15, 0.2) is 0 Å². The van der Waals surface area contributed by atoms with E-state index in [0.717, 1.165) is 13.0 Å². The van der Waals surface area contributed by atoms with E-state index in [1.807, 2.05) is 0 Å². The summed E-state index contributed by atoms with van der Waals surface area (Å²) in [5.74, 6) is 0.890. The van der Waals surface area contributed by atoms with Crippen molar-refractivity contribution in [2.24, 2.45) is 5.92 Å². The molecule has 1 fully saturated rings. The molecule has 0 heterocycles. The molecule has 104 valence electrons. The number of benzene rings is 1. The Labute approximate surface area is 116 Å². The van der Waals surface area contributed by atoms with E-state index in [-0.39, 0.29) is 0 Å². The first-order valence-corrected chi connectivity index (χ1v) is 7.41. The Morgan fingerprint density at radius 3 is 2.68 bits per heavy atom. The van der Waals surface area contributed by atoms with Crippen molar-refractivity contribution in [3.05, 3.63) is 35.4 Å². The summed E-state index contributed by atoms with van der Waals surface area (Å²) in [5.41, 5.74) is 2.54. The zero-order chi connectivity index (χ0) is 13.8. The molecule has 1 amide bonds. The van der Waals surface area contributed by atoms with Crippen LogP contribution in [0.1, 0.15) is 44.2 Å². The first-order valence-electron chi connectivity index (χ1n) is 7.41. The summed E-state index contributed by atoms with van der Waals surface area (Å²) in [7, 11) is 0. The first-order chi connectivity index (χ1) is 9.06. The second-order valence-electron chi connectivity index (χ2n) is 6.16. The average molecular weight is 259 g/mol. The number of carbonyl (C=O) groups is 1. The van der Waals surface area contributed by atoms with Gasteiger partial charge in [-0.25, -0.2) is 0 Å². The van der Waals surface area contributed by atoms with Crippen molar-refractivity contribution in [3.8, 4) is 0 Å². The highest BCUT2D eigenvalue weighted by molar-refractivity contribution is 5.77. The van der Waals surface area contributed by atoms with Crippen LogP contribution in [-0.2, 0) is 11.2 Å². The van der Waals surface area contributed by atoms with Gasteiger partial charge in [0.2, 0.25) is 5.91 Å². The molecule has 2 nitrogen and oxygen atoms in total. The lowest BCUT2D eigenvalue weighted by Crippen LogP contribution is -2.36. The molecule has 1 aliphatic rings. The van der Waals surface area contributed by atoms with Crippen LogP contribution in [0.2, 0.25) is 0 Å². The Bertz CT molecular complexity index is 435. The molecular weight excluding hydrogens is 234 g/mol. The molecule has 0 aromatic heterocycles. The Balaban J connectivity index is 1.88. The average Bonchev–Trinajstić information content (AvgIpc) is 3.17. The lowest BCUT2D eigenvalue weighted by atomic mass is 10.1. The molecule has 0 atom stereocenters. The Morgan fingerprint density at radius 1 is 1.37 bits per heavy atom. The van der Waals surface area contributed by atoms with Crippen LogP contribution in [0.3, 0.4) is 0 Å². The fourth-order valence-electron chi connectivity index (χ4n) is 2.50. The molecule has 1 aromatic carbocycles. The monoisotopic (exact) mass is 259 g/mol. The standard InChI is InChI=1S/C17H25NO/c1-13(2)12-18(16-8-9-16)17(19)10-7-15-6-4-5-14(3)11-15/h4-6,11,13,16H,7-10,12H2,1-3H3. The van der Waals surface area contributed by atoms with Gasteiger partial charge in [0, 0.05) is 19.0 Å².